The minimum absolute atomic E-state index is 0.405. The van der Waals surface area contributed by atoms with E-state index in [-0.39, 0.29) is 0 Å². The number of nitrogens with two attached hydrogens (primary N) is 2. The van der Waals surface area contributed by atoms with E-state index in [1.807, 2.05) is 16.7 Å². The summed E-state index contributed by atoms with van der Waals surface area (Å²) in [6.45, 7) is 1.25. The minimum Gasteiger partial charge on any atom is -0.382 e. The molecular formula is C13H14N6. The molecule has 0 saturated heterocycles. The fraction of sp³-hybridized carbons (Fsp3) is 0.154. The van der Waals surface area contributed by atoms with Gasteiger partial charge in [0.1, 0.15) is 11.8 Å². The molecule has 0 aliphatic heterocycles. The Morgan fingerprint density at radius 3 is 2.47 bits per heavy atom. The number of fused-ring (bicyclic) bond motifs is 1. The highest BCUT2D eigenvalue weighted by Gasteiger charge is 2.07. The van der Waals surface area contributed by atoms with Gasteiger partial charge in [0.25, 0.3) is 0 Å². The van der Waals surface area contributed by atoms with E-state index in [1.54, 1.807) is 6.33 Å². The minimum atomic E-state index is 0.405. The van der Waals surface area contributed by atoms with Gasteiger partial charge in [-0.05, 0) is 11.1 Å². The van der Waals surface area contributed by atoms with Gasteiger partial charge in [-0.3, -0.25) is 0 Å². The summed E-state index contributed by atoms with van der Waals surface area (Å²) >= 11 is 0. The highest BCUT2D eigenvalue weighted by molar-refractivity contribution is 5.81. The number of rotatable bonds is 3. The van der Waals surface area contributed by atoms with Crippen molar-refractivity contribution in [2.24, 2.45) is 5.73 Å². The van der Waals surface area contributed by atoms with E-state index >= 15 is 0 Å². The van der Waals surface area contributed by atoms with Gasteiger partial charge in [-0.15, -0.1) is 0 Å². The first-order valence-corrected chi connectivity index (χ1v) is 5.97. The lowest BCUT2D eigenvalue weighted by atomic mass is 10.1. The van der Waals surface area contributed by atoms with Crippen molar-refractivity contribution in [1.82, 2.24) is 19.5 Å². The molecule has 96 valence electrons. The Hall–Kier alpha value is -2.47. The number of hydrogen-bond acceptors (Lipinski definition) is 5. The zero-order valence-corrected chi connectivity index (χ0v) is 10.3. The van der Waals surface area contributed by atoms with Crippen molar-refractivity contribution in [3.05, 3.63) is 48.0 Å². The number of aromatic nitrogens is 4. The molecule has 19 heavy (non-hydrogen) atoms. The third-order valence-corrected chi connectivity index (χ3v) is 3.04. The molecule has 1 aromatic carbocycles. The molecule has 6 heteroatoms. The molecule has 0 aliphatic carbocycles. The molecule has 0 unspecified atom stereocenters. The number of nitrogen functional groups attached to an aromatic ring is 1. The first kappa shape index (κ1) is 11.6. The van der Waals surface area contributed by atoms with Gasteiger partial charge in [0.05, 0.1) is 12.9 Å². The summed E-state index contributed by atoms with van der Waals surface area (Å²) in [6.07, 6.45) is 3.18. The van der Waals surface area contributed by atoms with Gasteiger partial charge >= 0.3 is 0 Å². The van der Waals surface area contributed by atoms with Crippen LogP contribution in [0.2, 0.25) is 0 Å². The van der Waals surface area contributed by atoms with Crippen LogP contribution in [-0.2, 0) is 13.1 Å². The van der Waals surface area contributed by atoms with Crippen LogP contribution in [0.5, 0.6) is 0 Å². The lowest BCUT2D eigenvalue weighted by molar-refractivity contribution is 0.812. The van der Waals surface area contributed by atoms with E-state index in [9.17, 15) is 0 Å². The third-order valence-electron chi connectivity index (χ3n) is 3.04. The van der Waals surface area contributed by atoms with E-state index in [0.29, 0.717) is 24.4 Å². The van der Waals surface area contributed by atoms with Crippen LogP contribution in [0.4, 0.5) is 5.82 Å². The Bertz CT molecular complexity index is 701. The van der Waals surface area contributed by atoms with Gasteiger partial charge in [0, 0.05) is 6.54 Å². The monoisotopic (exact) mass is 254 g/mol. The zero-order chi connectivity index (χ0) is 13.2. The van der Waals surface area contributed by atoms with Crippen molar-refractivity contribution in [3.63, 3.8) is 0 Å². The molecule has 0 radical (unpaired) electrons. The van der Waals surface area contributed by atoms with Crippen molar-refractivity contribution in [1.29, 1.82) is 0 Å². The van der Waals surface area contributed by atoms with Crippen molar-refractivity contribution in [2.75, 3.05) is 5.73 Å². The largest absolute Gasteiger partial charge is 0.382 e. The van der Waals surface area contributed by atoms with Gasteiger partial charge in [-0.2, -0.15) is 0 Å². The number of hydrogen-bond donors (Lipinski definition) is 2. The first-order chi connectivity index (χ1) is 9.28. The Morgan fingerprint density at radius 2 is 1.74 bits per heavy atom. The maximum absolute atomic E-state index is 5.76. The van der Waals surface area contributed by atoms with Crippen molar-refractivity contribution in [3.8, 4) is 0 Å². The summed E-state index contributed by atoms with van der Waals surface area (Å²) in [5.74, 6) is 0.405. The van der Waals surface area contributed by atoms with Crippen LogP contribution >= 0.6 is 0 Å². The highest BCUT2D eigenvalue weighted by atomic mass is 15.1. The summed E-state index contributed by atoms with van der Waals surface area (Å²) < 4.78 is 1.95. The zero-order valence-electron chi connectivity index (χ0n) is 10.3. The maximum Gasteiger partial charge on any atom is 0.165 e. The predicted octanol–water partition coefficient (Wildman–Crippen LogP) is 0.915. The van der Waals surface area contributed by atoms with E-state index in [4.69, 9.17) is 11.5 Å². The van der Waals surface area contributed by atoms with Crippen molar-refractivity contribution >= 4 is 17.0 Å². The smallest absolute Gasteiger partial charge is 0.165 e. The van der Waals surface area contributed by atoms with Crippen LogP contribution in [-0.4, -0.2) is 19.5 Å². The third kappa shape index (κ3) is 2.13. The van der Waals surface area contributed by atoms with Crippen LogP contribution in [0.3, 0.4) is 0 Å². The quantitative estimate of drug-likeness (QED) is 0.724. The summed E-state index contributed by atoms with van der Waals surface area (Å²) in [5, 5.41) is 0. The molecule has 0 saturated carbocycles. The molecule has 3 rings (SSSR count). The van der Waals surface area contributed by atoms with Gasteiger partial charge in [0.2, 0.25) is 0 Å². The maximum atomic E-state index is 5.76. The number of imidazole rings is 1. The Balaban J connectivity index is 1.94. The lowest BCUT2D eigenvalue weighted by Gasteiger charge is -2.05. The van der Waals surface area contributed by atoms with Crippen LogP contribution in [0.15, 0.2) is 36.9 Å². The van der Waals surface area contributed by atoms with Crippen LogP contribution in [0, 0.1) is 0 Å². The van der Waals surface area contributed by atoms with Crippen molar-refractivity contribution in [2.45, 2.75) is 13.1 Å². The highest BCUT2D eigenvalue weighted by Crippen LogP contribution is 2.15. The van der Waals surface area contributed by atoms with E-state index in [2.05, 4.69) is 27.1 Å². The second-order valence-electron chi connectivity index (χ2n) is 4.32. The van der Waals surface area contributed by atoms with Gasteiger partial charge < -0.3 is 16.0 Å². The molecule has 0 bridgehead atoms. The molecule has 0 amide bonds. The second-order valence-corrected chi connectivity index (χ2v) is 4.32. The predicted molar refractivity (Wildman–Crippen MR) is 73.2 cm³/mol. The van der Waals surface area contributed by atoms with Gasteiger partial charge in [-0.1, -0.05) is 24.3 Å². The van der Waals surface area contributed by atoms with Crippen LogP contribution in [0.25, 0.3) is 11.2 Å². The molecule has 0 fully saturated rings. The lowest BCUT2D eigenvalue weighted by Crippen LogP contribution is -2.01. The number of nitrogens with zero attached hydrogens (tertiary/aromatic N) is 4. The van der Waals surface area contributed by atoms with Gasteiger partial charge in [-0.25, -0.2) is 15.0 Å². The Morgan fingerprint density at radius 1 is 1.00 bits per heavy atom. The molecule has 0 aliphatic rings. The first-order valence-electron chi connectivity index (χ1n) is 5.97. The van der Waals surface area contributed by atoms with Crippen LogP contribution in [0.1, 0.15) is 11.1 Å². The average Bonchev–Trinajstić information content (AvgIpc) is 2.84. The average molecular weight is 254 g/mol. The molecular weight excluding hydrogens is 240 g/mol. The second kappa shape index (κ2) is 4.66. The summed E-state index contributed by atoms with van der Waals surface area (Å²) in [6, 6.07) is 8.16. The normalized spacial score (nSPS) is 11.0. The molecule has 0 spiro atoms. The fourth-order valence-corrected chi connectivity index (χ4v) is 1.99. The fourth-order valence-electron chi connectivity index (χ4n) is 1.99. The molecule has 0 atom stereocenters. The Kier molecular flexibility index (Phi) is 2.85. The van der Waals surface area contributed by atoms with Crippen molar-refractivity contribution < 1.29 is 0 Å². The molecule has 2 aromatic heterocycles. The summed E-state index contributed by atoms with van der Waals surface area (Å²) in [4.78, 5) is 12.4. The SMILES string of the molecule is NCc1ccc(Cn2cnc3c(N)ncnc32)cc1. The number of anilines is 1. The van der Waals surface area contributed by atoms with E-state index in [1.165, 1.54) is 6.33 Å². The van der Waals surface area contributed by atoms with Gasteiger partial charge in [0.15, 0.2) is 11.5 Å². The van der Waals surface area contributed by atoms with Crippen LogP contribution < -0.4 is 11.5 Å². The van der Waals surface area contributed by atoms with E-state index in [0.717, 1.165) is 16.8 Å². The standard InChI is InChI=1S/C13H14N6/c14-5-9-1-3-10(4-2-9)6-19-8-18-11-12(15)16-7-17-13(11)19/h1-4,7-8H,5-6,14H2,(H2,15,16,17). The van der Waals surface area contributed by atoms with E-state index < -0.39 is 0 Å². The Labute approximate surface area is 110 Å². The molecule has 3 aromatic rings. The summed E-state index contributed by atoms with van der Waals surface area (Å²) in [5.41, 5.74) is 15.0. The number of benzene rings is 1. The molecule has 4 N–H and O–H groups in total. The topological polar surface area (TPSA) is 95.6 Å². The molecule has 6 nitrogen and oxygen atoms in total. The summed E-state index contributed by atoms with van der Waals surface area (Å²) in [7, 11) is 0. The molecule has 2 heterocycles.